The molecular weight excluding hydrogens is 594 g/mol. The van der Waals surface area contributed by atoms with Crippen LogP contribution in [0.1, 0.15) is 49.9 Å². The second-order valence-electron chi connectivity index (χ2n) is 14.6. The molecule has 7 rings (SSSR count). The lowest BCUT2D eigenvalue weighted by molar-refractivity contribution is -0.287. The fraction of sp³-hybridized carbons (Fsp3) is 0.771. The summed E-state index contributed by atoms with van der Waals surface area (Å²) in [7, 11) is 8.44. The van der Waals surface area contributed by atoms with Crippen molar-refractivity contribution < 1.29 is 47.9 Å². The Balaban J connectivity index is 1.46. The Morgan fingerprint density at radius 2 is 1.70 bits per heavy atom. The van der Waals surface area contributed by atoms with E-state index >= 15 is 0 Å². The minimum absolute atomic E-state index is 0.00534. The zero-order valence-electron chi connectivity index (χ0n) is 28.0. The van der Waals surface area contributed by atoms with Gasteiger partial charge in [-0.05, 0) is 56.0 Å². The van der Waals surface area contributed by atoms with E-state index < -0.39 is 46.7 Å². The lowest BCUT2D eigenvalue weighted by atomic mass is 9.43. The van der Waals surface area contributed by atoms with E-state index in [0.29, 0.717) is 24.3 Å². The number of aliphatic hydroxyl groups is 1. The summed E-state index contributed by atoms with van der Waals surface area (Å²) in [5, 5.41) is 12.8. The van der Waals surface area contributed by atoms with Gasteiger partial charge in [0.1, 0.15) is 23.1 Å². The zero-order valence-corrected chi connectivity index (χ0v) is 28.0. The highest BCUT2D eigenvalue weighted by Crippen LogP contribution is 2.80. The molecule has 3 unspecified atom stereocenters. The van der Waals surface area contributed by atoms with E-state index in [4.69, 9.17) is 33.2 Å². The summed E-state index contributed by atoms with van der Waals surface area (Å²) in [6.45, 7) is 5.80. The lowest BCUT2D eigenvalue weighted by Crippen LogP contribution is -2.77. The number of fused-ring (bicyclic) bond motifs is 2. The van der Waals surface area contributed by atoms with Crippen LogP contribution in [0.3, 0.4) is 0 Å². The number of nitrogens with zero attached hydrogens (tertiary/aromatic N) is 1. The Morgan fingerprint density at radius 1 is 0.978 bits per heavy atom. The summed E-state index contributed by atoms with van der Waals surface area (Å²) in [4.78, 5) is 29.7. The predicted molar refractivity (Wildman–Crippen MR) is 164 cm³/mol. The second kappa shape index (κ2) is 11.1. The average molecular weight is 644 g/mol. The van der Waals surface area contributed by atoms with Gasteiger partial charge in [0.05, 0.1) is 37.6 Å². The fourth-order valence-electron chi connectivity index (χ4n) is 12.4. The molecule has 7 bridgehead atoms. The van der Waals surface area contributed by atoms with Crippen LogP contribution in [0, 0.1) is 34.5 Å². The molecule has 0 radical (unpaired) electrons. The smallest absolute Gasteiger partial charge is 0.338 e. The van der Waals surface area contributed by atoms with Crippen LogP contribution in [-0.2, 0) is 33.2 Å². The van der Waals surface area contributed by atoms with Gasteiger partial charge in [0.15, 0.2) is 0 Å². The molecule has 1 spiro atoms. The molecule has 1 aromatic rings. The van der Waals surface area contributed by atoms with Gasteiger partial charge < -0.3 is 38.3 Å². The highest BCUT2D eigenvalue weighted by molar-refractivity contribution is 5.89. The van der Waals surface area contributed by atoms with Gasteiger partial charge in [-0.3, -0.25) is 9.69 Å². The molecule has 11 heteroatoms. The maximum Gasteiger partial charge on any atom is 0.338 e. The largest absolute Gasteiger partial charge is 0.497 e. The van der Waals surface area contributed by atoms with Crippen molar-refractivity contribution in [2.24, 2.45) is 34.5 Å². The minimum atomic E-state index is -1.51. The average Bonchev–Trinajstić information content (AvgIpc) is 3.42. The third-order valence-electron chi connectivity index (χ3n) is 13.3. The summed E-state index contributed by atoms with van der Waals surface area (Å²) in [6.07, 6.45) is 0.142. The predicted octanol–water partition coefficient (Wildman–Crippen LogP) is 2.72. The Hall–Kier alpha value is -2.28. The van der Waals surface area contributed by atoms with Crippen molar-refractivity contribution >= 4 is 11.9 Å². The van der Waals surface area contributed by atoms with Crippen molar-refractivity contribution in [3.05, 3.63) is 29.8 Å². The summed E-state index contributed by atoms with van der Waals surface area (Å²) in [6, 6.07) is 6.66. The first kappa shape index (κ1) is 32.3. The molecule has 1 heterocycles. The van der Waals surface area contributed by atoms with E-state index in [1.807, 2.05) is 0 Å². The summed E-state index contributed by atoms with van der Waals surface area (Å²) >= 11 is 0. The van der Waals surface area contributed by atoms with Crippen molar-refractivity contribution in [3.8, 4) is 5.75 Å². The van der Waals surface area contributed by atoms with E-state index in [9.17, 15) is 14.7 Å². The van der Waals surface area contributed by atoms with Crippen molar-refractivity contribution in [1.29, 1.82) is 0 Å². The number of methoxy groups -OCH3 is 5. The number of esters is 2. The maximum atomic E-state index is 13.9. The highest BCUT2D eigenvalue weighted by atomic mass is 16.6. The van der Waals surface area contributed by atoms with Gasteiger partial charge in [-0.1, -0.05) is 6.92 Å². The number of piperidine rings is 1. The number of benzene rings is 1. The summed E-state index contributed by atoms with van der Waals surface area (Å²) in [5.41, 5.74) is -3.03. The van der Waals surface area contributed by atoms with E-state index in [2.05, 4.69) is 11.8 Å². The normalized spacial score (nSPS) is 46.6. The van der Waals surface area contributed by atoms with E-state index in [1.54, 1.807) is 59.8 Å². The Bertz CT molecular complexity index is 1360. The Morgan fingerprint density at radius 3 is 2.28 bits per heavy atom. The molecular formula is C35H49NO10. The topological polar surface area (TPSA) is 122 Å². The third kappa shape index (κ3) is 3.87. The molecule has 1 aliphatic heterocycles. The van der Waals surface area contributed by atoms with Gasteiger partial charge in [-0.25, -0.2) is 4.79 Å². The molecule has 0 amide bonds. The van der Waals surface area contributed by atoms with Crippen molar-refractivity contribution in [2.75, 3.05) is 55.2 Å². The first-order valence-electron chi connectivity index (χ1n) is 16.6. The third-order valence-corrected chi connectivity index (χ3v) is 13.3. The summed E-state index contributed by atoms with van der Waals surface area (Å²) < 4.78 is 43.6. The van der Waals surface area contributed by atoms with Crippen LogP contribution in [-0.4, -0.2) is 119 Å². The van der Waals surface area contributed by atoms with Gasteiger partial charge in [0.25, 0.3) is 0 Å². The SMILES string of the molecule is CCN1C[C@]2(COC)CC[C@H](OC)C34C1C([C@H](OC)[C@@H]32)[C@@]1(OC(C)=O)C[C@H](OC)[C@@]2(O)C[C@@H]4[C@@H]1[C@H]2OC(=O)c1ccc(OC)cc1. The molecule has 5 aliphatic carbocycles. The number of likely N-dealkylation sites (tertiary alicyclic amines) is 1. The number of hydrogen-bond donors (Lipinski definition) is 1. The first-order valence-corrected chi connectivity index (χ1v) is 16.6. The van der Waals surface area contributed by atoms with Gasteiger partial charge >= 0.3 is 11.9 Å². The van der Waals surface area contributed by atoms with Gasteiger partial charge in [0, 0.05) is 83.0 Å². The van der Waals surface area contributed by atoms with Crippen LogP contribution in [0.4, 0.5) is 0 Å². The minimum Gasteiger partial charge on any atom is -0.497 e. The number of rotatable bonds is 10. The lowest BCUT2D eigenvalue weighted by Gasteiger charge is -2.69. The van der Waals surface area contributed by atoms with Crippen LogP contribution in [0.25, 0.3) is 0 Å². The van der Waals surface area contributed by atoms with Gasteiger partial charge in [-0.2, -0.15) is 0 Å². The van der Waals surface area contributed by atoms with E-state index in [1.165, 1.54) is 6.92 Å². The number of hydrogen-bond acceptors (Lipinski definition) is 11. The van der Waals surface area contributed by atoms with Crippen molar-refractivity contribution in [1.82, 2.24) is 4.90 Å². The summed E-state index contributed by atoms with van der Waals surface area (Å²) in [5.74, 6) is -1.38. The Labute approximate surface area is 271 Å². The molecule has 6 fully saturated rings. The molecule has 0 aromatic heterocycles. The molecule has 6 aliphatic rings. The number of carbonyl (C=O) groups excluding carboxylic acids is 2. The molecule has 11 nitrogen and oxygen atoms in total. The van der Waals surface area contributed by atoms with Crippen LogP contribution >= 0.6 is 0 Å². The zero-order chi connectivity index (χ0) is 32.8. The van der Waals surface area contributed by atoms with Crippen molar-refractivity contribution in [2.45, 2.75) is 81.2 Å². The molecule has 1 N–H and O–H groups in total. The molecule has 1 saturated heterocycles. The van der Waals surface area contributed by atoms with Crippen molar-refractivity contribution in [3.63, 3.8) is 0 Å². The molecule has 1 aromatic carbocycles. The molecule has 46 heavy (non-hydrogen) atoms. The second-order valence-corrected chi connectivity index (χ2v) is 14.6. The maximum absolute atomic E-state index is 13.9. The first-order chi connectivity index (χ1) is 22.1. The number of carbonyl (C=O) groups is 2. The van der Waals surface area contributed by atoms with Crippen LogP contribution in [0.2, 0.25) is 0 Å². The fourth-order valence-corrected chi connectivity index (χ4v) is 12.4. The van der Waals surface area contributed by atoms with Crippen LogP contribution < -0.4 is 4.74 Å². The van der Waals surface area contributed by atoms with Gasteiger partial charge in [-0.15, -0.1) is 0 Å². The van der Waals surface area contributed by atoms with Crippen LogP contribution in [0.15, 0.2) is 24.3 Å². The van der Waals surface area contributed by atoms with E-state index in [0.717, 1.165) is 25.9 Å². The molecule has 5 saturated carbocycles. The molecule has 254 valence electrons. The highest BCUT2D eigenvalue weighted by Gasteiger charge is 2.89. The standard InChI is InChI=1S/C35H49NO10/c1-8-36-17-32(18-40-3)14-13-23(42-5)35-22-15-33(39)24(43-6)16-34(46-19(2)37,26(29(35)36)27(44-7)28(32)35)25(22)30(33)45-31(38)20-9-11-21(41-4)12-10-20/h9-12,22-30,39H,8,13-18H2,1-7H3/t22-,23+,24+,25-,26?,27+,28-,29?,30-,32+,33+,34-,35?/m1/s1. The van der Waals surface area contributed by atoms with E-state index in [-0.39, 0.29) is 47.8 Å². The molecule has 13 atom stereocenters. The Kier molecular flexibility index (Phi) is 7.81. The monoisotopic (exact) mass is 643 g/mol. The quantitative estimate of drug-likeness (QED) is 0.379. The number of ether oxygens (including phenoxy) is 7. The van der Waals surface area contributed by atoms with Crippen LogP contribution in [0.5, 0.6) is 5.75 Å². The van der Waals surface area contributed by atoms with Gasteiger partial charge in [0.2, 0.25) is 0 Å².